The number of furan rings is 1. The Balaban J connectivity index is 1.23. The van der Waals surface area contributed by atoms with Gasteiger partial charge >= 0.3 is 0 Å². The molecule has 7 aromatic carbocycles. The van der Waals surface area contributed by atoms with E-state index in [2.05, 4.69) is 155 Å². The Hall–Kier alpha value is -5.18. The first-order chi connectivity index (χ1) is 24.9. The van der Waals surface area contributed by atoms with Gasteiger partial charge in [0.1, 0.15) is 11.2 Å². The van der Waals surface area contributed by atoms with Crippen molar-refractivity contribution < 1.29 is 4.42 Å². The third kappa shape index (κ3) is 4.45. The number of hydrogen-bond acceptors (Lipinski definition) is 1. The van der Waals surface area contributed by atoms with Gasteiger partial charge in [-0.2, -0.15) is 0 Å². The molecule has 51 heavy (non-hydrogen) atoms. The molecule has 2 aliphatic carbocycles. The molecule has 248 valence electrons. The van der Waals surface area contributed by atoms with Crippen LogP contribution in [0.2, 0.25) is 12.6 Å². The van der Waals surface area contributed by atoms with Crippen molar-refractivity contribution in [1.82, 2.24) is 0 Å². The maximum Gasteiger partial charge on any atom is 0.135 e. The fourth-order valence-corrected chi connectivity index (χ4v) is 12.1. The lowest BCUT2D eigenvalue weighted by atomic mass is 9.74. The molecule has 0 spiro atoms. The Morgan fingerprint density at radius 2 is 1.24 bits per heavy atom. The van der Waals surface area contributed by atoms with Crippen LogP contribution in [0, 0.1) is 0 Å². The summed E-state index contributed by atoms with van der Waals surface area (Å²) >= 11 is 0. The minimum atomic E-state index is -1.25. The first kappa shape index (κ1) is 30.6. The molecule has 2 aliphatic rings. The summed E-state index contributed by atoms with van der Waals surface area (Å²) in [4.78, 5) is 0. The molecule has 0 N–H and O–H groups in total. The second kappa shape index (κ2) is 11.4. The minimum Gasteiger partial charge on any atom is -0.456 e. The average Bonchev–Trinajstić information content (AvgIpc) is 3.65. The molecule has 0 bridgehead atoms. The normalized spacial score (nSPS) is 15.5. The first-order valence-electron chi connectivity index (χ1n) is 18.8. The summed E-state index contributed by atoms with van der Waals surface area (Å²) in [7, 11) is -1.25. The molecule has 0 amide bonds. The Morgan fingerprint density at radius 3 is 1.94 bits per heavy atom. The van der Waals surface area contributed by atoms with Crippen LogP contribution in [0.5, 0.6) is 0 Å². The monoisotopic (exact) mass is 674 g/mol. The van der Waals surface area contributed by atoms with Crippen LogP contribution in [-0.2, 0) is 11.8 Å². The Kier molecular flexibility index (Phi) is 6.86. The van der Waals surface area contributed by atoms with Crippen molar-refractivity contribution in [2.75, 3.05) is 0 Å². The van der Waals surface area contributed by atoms with Gasteiger partial charge in [0.15, 0.2) is 0 Å². The number of hydrogen-bond donors (Lipinski definition) is 0. The third-order valence-electron chi connectivity index (χ3n) is 12.1. The zero-order valence-electron chi connectivity index (χ0n) is 29.9. The van der Waals surface area contributed by atoms with Crippen LogP contribution in [-0.4, -0.2) is 8.80 Å². The highest BCUT2D eigenvalue weighted by molar-refractivity contribution is 6.74. The molecular weight excluding hydrogens is 633 g/mol. The van der Waals surface area contributed by atoms with Crippen molar-refractivity contribution in [2.45, 2.75) is 58.0 Å². The summed E-state index contributed by atoms with van der Waals surface area (Å²) < 4.78 is 6.63. The molecule has 1 aromatic heterocycles. The summed E-state index contributed by atoms with van der Waals surface area (Å²) in [5.41, 5.74) is 16.2. The van der Waals surface area contributed by atoms with Gasteiger partial charge in [-0.1, -0.05) is 149 Å². The fourth-order valence-electron chi connectivity index (χ4n) is 9.83. The van der Waals surface area contributed by atoms with Crippen molar-refractivity contribution in [3.05, 3.63) is 150 Å². The molecule has 0 saturated heterocycles. The topological polar surface area (TPSA) is 13.1 Å². The molecule has 10 rings (SSSR count). The lowest BCUT2D eigenvalue weighted by Gasteiger charge is -2.29. The molecule has 0 radical (unpaired) electrons. The van der Waals surface area contributed by atoms with E-state index in [9.17, 15) is 0 Å². The summed E-state index contributed by atoms with van der Waals surface area (Å²) in [5.74, 6) is 0. The van der Waals surface area contributed by atoms with Crippen molar-refractivity contribution >= 4 is 68.6 Å². The maximum atomic E-state index is 6.63. The number of aryl methyl sites for hydroxylation is 1. The standard InChI is InChI=1S/C49H42OSi/c1-5-26-51(4)44-29-32(27-41-35-16-12-13-21-43(35)50-48(41)44)46-38-19-10-8-17-36(38)45(37-18-9-11-20-39(37)46)31-23-24-34-40-25-22-30-14-6-7-15-33(30)47(40)49(2,3)42(34)28-31/h6-21,23-24,27-29,51H,5,22,25-26H2,1-4H3. The second-order valence-corrected chi connectivity index (χ2v) is 18.5. The summed E-state index contributed by atoms with van der Waals surface area (Å²) in [6.45, 7) is 9.69. The van der Waals surface area contributed by atoms with Gasteiger partial charge in [-0.05, 0) is 113 Å². The van der Waals surface area contributed by atoms with E-state index in [4.69, 9.17) is 4.42 Å². The molecule has 1 unspecified atom stereocenters. The second-order valence-electron chi connectivity index (χ2n) is 15.5. The van der Waals surface area contributed by atoms with Crippen LogP contribution in [0.1, 0.15) is 55.9 Å². The van der Waals surface area contributed by atoms with Crippen LogP contribution in [0.4, 0.5) is 0 Å². The average molecular weight is 675 g/mol. The highest BCUT2D eigenvalue weighted by Crippen LogP contribution is 2.56. The van der Waals surface area contributed by atoms with E-state index in [0.29, 0.717) is 0 Å². The van der Waals surface area contributed by atoms with Crippen LogP contribution < -0.4 is 5.19 Å². The number of fused-ring (bicyclic) bond motifs is 9. The quantitative estimate of drug-likeness (QED) is 0.131. The van der Waals surface area contributed by atoms with Gasteiger partial charge in [-0.15, -0.1) is 0 Å². The van der Waals surface area contributed by atoms with Crippen molar-refractivity contribution in [1.29, 1.82) is 0 Å². The van der Waals surface area contributed by atoms with E-state index in [1.165, 1.54) is 100 Å². The smallest absolute Gasteiger partial charge is 0.135 e. The predicted octanol–water partition coefficient (Wildman–Crippen LogP) is 12.8. The van der Waals surface area contributed by atoms with Gasteiger partial charge in [0.25, 0.3) is 0 Å². The maximum absolute atomic E-state index is 6.63. The van der Waals surface area contributed by atoms with Gasteiger partial charge in [0, 0.05) is 16.2 Å². The van der Waals surface area contributed by atoms with Gasteiger partial charge in [0.2, 0.25) is 0 Å². The van der Waals surface area contributed by atoms with E-state index in [1.807, 2.05) is 0 Å². The molecule has 1 atom stereocenters. The van der Waals surface area contributed by atoms with E-state index < -0.39 is 8.80 Å². The highest BCUT2D eigenvalue weighted by Gasteiger charge is 2.40. The van der Waals surface area contributed by atoms with Crippen molar-refractivity contribution in [2.24, 2.45) is 0 Å². The highest BCUT2D eigenvalue weighted by atomic mass is 28.3. The summed E-state index contributed by atoms with van der Waals surface area (Å²) in [6.07, 6.45) is 3.42. The summed E-state index contributed by atoms with van der Waals surface area (Å²) in [6, 6.07) is 49.4. The van der Waals surface area contributed by atoms with Crippen LogP contribution in [0.3, 0.4) is 0 Å². The van der Waals surface area contributed by atoms with Crippen molar-refractivity contribution in [3.63, 3.8) is 0 Å². The Bertz CT molecular complexity index is 2700. The Labute approximate surface area is 301 Å². The molecule has 2 heteroatoms. The van der Waals surface area contributed by atoms with Gasteiger partial charge < -0.3 is 4.42 Å². The molecule has 0 saturated carbocycles. The molecule has 1 heterocycles. The largest absolute Gasteiger partial charge is 0.456 e. The van der Waals surface area contributed by atoms with Gasteiger partial charge in [-0.3, -0.25) is 0 Å². The molecule has 8 aromatic rings. The minimum absolute atomic E-state index is 0.0685. The number of rotatable bonds is 5. The number of allylic oxidation sites excluding steroid dienone is 2. The van der Waals surface area contributed by atoms with Crippen LogP contribution in [0.15, 0.2) is 132 Å². The lowest BCUT2D eigenvalue weighted by molar-refractivity contribution is 0.671. The number of para-hydroxylation sites is 1. The predicted molar refractivity (Wildman–Crippen MR) is 222 cm³/mol. The molecule has 0 aliphatic heterocycles. The third-order valence-corrected chi connectivity index (χ3v) is 15.1. The molecule has 0 fully saturated rings. The van der Waals surface area contributed by atoms with Crippen molar-refractivity contribution in [3.8, 4) is 22.3 Å². The van der Waals surface area contributed by atoms with Gasteiger partial charge in [0.05, 0.1) is 8.80 Å². The lowest BCUT2D eigenvalue weighted by Crippen LogP contribution is -2.26. The van der Waals surface area contributed by atoms with E-state index in [-0.39, 0.29) is 5.41 Å². The summed E-state index contributed by atoms with van der Waals surface area (Å²) in [5, 5.41) is 9.12. The molecular formula is C49H42OSi. The fraction of sp³-hybridized carbons (Fsp3) is 0.184. The van der Waals surface area contributed by atoms with E-state index >= 15 is 0 Å². The first-order valence-corrected chi connectivity index (χ1v) is 21.3. The SMILES string of the molecule is CCC[SiH](C)c1cc(-c2c3ccccc3c(-c3ccc4c(c3)C(C)(C)C3=C4CCc4ccccc43)c3ccccc23)cc2c1oc1ccccc12. The van der Waals surface area contributed by atoms with Gasteiger partial charge in [-0.25, -0.2) is 0 Å². The van der Waals surface area contributed by atoms with Crippen LogP contribution >= 0.6 is 0 Å². The van der Waals surface area contributed by atoms with Crippen LogP contribution in [0.25, 0.3) is 76.9 Å². The zero-order valence-corrected chi connectivity index (χ0v) is 31.1. The van der Waals surface area contributed by atoms with E-state index in [0.717, 1.165) is 24.0 Å². The van der Waals surface area contributed by atoms with E-state index in [1.54, 1.807) is 5.57 Å². The molecule has 1 nitrogen and oxygen atoms in total. The Morgan fingerprint density at radius 1 is 0.608 bits per heavy atom. The number of benzene rings is 7. The zero-order chi connectivity index (χ0) is 34.4.